The van der Waals surface area contributed by atoms with Gasteiger partial charge >= 0.3 is 5.97 Å². The van der Waals surface area contributed by atoms with E-state index in [4.69, 9.17) is 4.74 Å². The lowest BCUT2D eigenvalue weighted by atomic mass is 9.78. The minimum absolute atomic E-state index is 0.0333. The monoisotopic (exact) mass is 599 g/mol. The summed E-state index contributed by atoms with van der Waals surface area (Å²) < 4.78 is 76.3. The van der Waals surface area contributed by atoms with Crippen LogP contribution in [0.4, 0.5) is 22.0 Å². The van der Waals surface area contributed by atoms with E-state index in [9.17, 15) is 41.1 Å². The van der Waals surface area contributed by atoms with E-state index >= 15 is 0 Å². The fourth-order valence-electron chi connectivity index (χ4n) is 4.92. The highest BCUT2D eigenvalue weighted by Gasteiger charge is 2.54. The van der Waals surface area contributed by atoms with Crippen LogP contribution in [0.15, 0.2) is 48.6 Å². The molecule has 1 aliphatic carbocycles. The minimum atomic E-state index is -3.02. The Morgan fingerprint density at radius 1 is 0.952 bits per heavy atom. The van der Waals surface area contributed by atoms with E-state index in [1.165, 1.54) is 12.2 Å². The first-order chi connectivity index (χ1) is 20.0. The Morgan fingerprint density at radius 2 is 1.60 bits per heavy atom. The van der Waals surface area contributed by atoms with Crippen molar-refractivity contribution in [2.24, 2.45) is 11.8 Å². The molecule has 3 N–H and O–H groups in total. The van der Waals surface area contributed by atoms with Crippen LogP contribution in [-0.4, -0.2) is 79.8 Å². The third-order valence-corrected chi connectivity index (χ3v) is 7.18. The Morgan fingerprint density at radius 3 is 2.19 bits per heavy atom. The summed E-state index contributed by atoms with van der Waals surface area (Å²) in [4.78, 5) is 50.1. The lowest BCUT2D eigenvalue weighted by Crippen LogP contribution is -2.57. The van der Waals surface area contributed by atoms with Crippen molar-refractivity contribution in [3.63, 3.8) is 0 Å². The molecule has 1 aromatic rings. The fraction of sp³-hybridized carbons (Fsp3) is 0.517. The average molecular weight is 600 g/mol. The summed E-state index contributed by atoms with van der Waals surface area (Å²) in [5.41, 5.74) is 0.627. The Labute approximate surface area is 240 Å². The smallest absolute Gasteiger partial charge is 0.330 e. The summed E-state index contributed by atoms with van der Waals surface area (Å²) in [7, 11) is 0. The molecule has 2 aliphatic rings. The number of alkyl halides is 5. The number of carbonyl (C=O) groups is 4. The molecule has 0 radical (unpaired) electrons. The van der Waals surface area contributed by atoms with Crippen molar-refractivity contribution in [3.05, 3.63) is 54.1 Å². The van der Waals surface area contributed by atoms with Gasteiger partial charge in [-0.3, -0.25) is 14.4 Å². The predicted octanol–water partition coefficient (Wildman–Crippen LogP) is 3.03. The van der Waals surface area contributed by atoms with Gasteiger partial charge in [0.1, 0.15) is 18.4 Å². The maximum atomic E-state index is 14.7. The van der Waals surface area contributed by atoms with Crippen LogP contribution in [-0.2, 0) is 23.9 Å². The summed E-state index contributed by atoms with van der Waals surface area (Å²) in [6.45, 7) is 2.07. The number of hydrogen-bond donors (Lipinski definition) is 3. The first-order valence-corrected chi connectivity index (χ1v) is 13.7. The summed E-state index contributed by atoms with van der Waals surface area (Å²) in [6.07, 6.45) is -10.1. The van der Waals surface area contributed by atoms with Gasteiger partial charge < -0.3 is 20.7 Å². The molecule has 0 bridgehead atoms. The highest BCUT2D eigenvalue weighted by Crippen LogP contribution is 2.38. The first-order valence-electron chi connectivity index (χ1n) is 13.7. The van der Waals surface area contributed by atoms with E-state index in [2.05, 4.69) is 16.0 Å². The lowest BCUT2D eigenvalue weighted by molar-refractivity contribution is -0.137. The molecule has 1 saturated heterocycles. The average Bonchev–Trinajstić information content (AvgIpc) is 3.38. The van der Waals surface area contributed by atoms with Gasteiger partial charge in [-0.05, 0) is 37.8 Å². The van der Waals surface area contributed by atoms with Crippen LogP contribution in [0.25, 0.3) is 6.08 Å². The van der Waals surface area contributed by atoms with E-state index in [-0.39, 0.29) is 18.9 Å². The van der Waals surface area contributed by atoms with Gasteiger partial charge in [0.05, 0.1) is 6.61 Å². The van der Waals surface area contributed by atoms with Gasteiger partial charge in [-0.15, -0.1) is 0 Å². The Kier molecular flexibility index (Phi) is 12.0. The van der Waals surface area contributed by atoms with Gasteiger partial charge in [-0.25, -0.2) is 26.7 Å². The highest BCUT2D eigenvalue weighted by molar-refractivity contribution is 5.95. The molecule has 42 heavy (non-hydrogen) atoms. The van der Waals surface area contributed by atoms with E-state index in [0.29, 0.717) is 18.5 Å². The largest absolute Gasteiger partial charge is 0.463 e. The normalized spacial score (nSPS) is 29.2. The number of hydrogen-bond acceptors (Lipinski definition) is 5. The van der Waals surface area contributed by atoms with Crippen molar-refractivity contribution in [1.29, 1.82) is 0 Å². The van der Waals surface area contributed by atoms with Crippen LogP contribution in [0.1, 0.15) is 31.7 Å². The topological polar surface area (TPSA) is 114 Å². The molecule has 1 aromatic carbocycles. The maximum Gasteiger partial charge on any atom is 0.330 e. The molecular formula is C29H34F5N3O5. The van der Waals surface area contributed by atoms with Crippen LogP contribution in [0.3, 0.4) is 0 Å². The first kappa shape index (κ1) is 32.7. The van der Waals surface area contributed by atoms with Crippen LogP contribution in [0.2, 0.25) is 0 Å². The van der Waals surface area contributed by atoms with Crippen molar-refractivity contribution in [3.8, 4) is 0 Å². The number of halogens is 5. The number of amides is 3. The number of ether oxygens (including phenoxy) is 1. The lowest BCUT2D eigenvalue weighted by Gasteiger charge is -2.37. The van der Waals surface area contributed by atoms with Crippen molar-refractivity contribution in [2.75, 3.05) is 13.2 Å². The molecule has 13 heteroatoms. The Bertz CT molecular complexity index is 1140. The summed E-state index contributed by atoms with van der Waals surface area (Å²) in [6, 6.07) is 5.87. The van der Waals surface area contributed by atoms with Crippen LogP contribution in [0, 0.1) is 11.8 Å². The standard InChI is InChI=1S/C29H34F5N3O5/c1-2-42-22(39)11-9-18(14-17-12-13-35-28(17)40)36-29(41)20(37-21(38)10-8-16-6-4-3-5-7-16)15-19-23(30)25(32)27(34)26(33)24(19)31/h3-11,17-20,23-27H,2,12-15H2,1H3,(H,35,40)(H,36,41)(H,37,38)/b10-8+,11-9+/t17-,18+,19?,20-,23-,24+,25-,26+,27?/m0/s1. The van der Waals surface area contributed by atoms with Gasteiger partial charge in [-0.1, -0.05) is 36.4 Å². The molecule has 3 amide bonds. The molecule has 9 atom stereocenters. The SMILES string of the molecule is CCOC(=O)/C=C/[C@H](C[C@@H]1CCNC1=O)NC(=O)[C@H](CC1[C@@H](F)[C@@H](F)C(F)[C@@H](F)[C@H]1F)NC(=O)/C=C/c1ccccc1. The van der Waals surface area contributed by atoms with E-state index in [0.717, 1.165) is 12.2 Å². The summed E-state index contributed by atoms with van der Waals surface area (Å²) in [5, 5.41) is 7.49. The molecule has 0 spiro atoms. The molecule has 2 fully saturated rings. The summed E-state index contributed by atoms with van der Waals surface area (Å²) in [5.74, 6) is -5.48. The molecule has 2 unspecified atom stereocenters. The number of benzene rings is 1. The zero-order chi connectivity index (χ0) is 30.8. The van der Waals surface area contributed by atoms with Crippen molar-refractivity contribution < 1.29 is 45.9 Å². The van der Waals surface area contributed by atoms with Gasteiger partial charge in [0.2, 0.25) is 17.7 Å². The Balaban J connectivity index is 1.83. The minimum Gasteiger partial charge on any atom is -0.463 e. The van der Waals surface area contributed by atoms with E-state index in [1.54, 1.807) is 37.3 Å². The second-order valence-electron chi connectivity index (χ2n) is 10.2. The second kappa shape index (κ2) is 15.5. The zero-order valence-electron chi connectivity index (χ0n) is 22.9. The van der Waals surface area contributed by atoms with Crippen LogP contribution >= 0.6 is 0 Å². The van der Waals surface area contributed by atoms with E-state index < -0.39 is 79.0 Å². The third-order valence-electron chi connectivity index (χ3n) is 7.18. The van der Waals surface area contributed by atoms with Gasteiger partial charge in [0.15, 0.2) is 18.5 Å². The predicted molar refractivity (Wildman–Crippen MR) is 143 cm³/mol. The molecule has 0 aromatic heterocycles. The molecular weight excluding hydrogens is 565 g/mol. The number of carbonyl (C=O) groups excluding carboxylic acids is 4. The molecule has 3 rings (SSSR count). The van der Waals surface area contributed by atoms with Crippen molar-refractivity contribution >= 4 is 29.8 Å². The fourth-order valence-corrected chi connectivity index (χ4v) is 4.92. The molecule has 1 heterocycles. The number of rotatable bonds is 12. The van der Waals surface area contributed by atoms with Crippen molar-refractivity contribution in [2.45, 2.75) is 69.1 Å². The summed E-state index contributed by atoms with van der Waals surface area (Å²) >= 11 is 0. The Hall–Kier alpha value is -3.77. The number of nitrogens with one attached hydrogen (secondary N) is 3. The van der Waals surface area contributed by atoms with Crippen molar-refractivity contribution in [1.82, 2.24) is 16.0 Å². The van der Waals surface area contributed by atoms with Crippen LogP contribution < -0.4 is 16.0 Å². The quantitative estimate of drug-likeness (QED) is 0.194. The van der Waals surface area contributed by atoms with Gasteiger partial charge in [0.25, 0.3) is 0 Å². The van der Waals surface area contributed by atoms with E-state index in [1.807, 2.05) is 0 Å². The molecule has 1 aliphatic heterocycles. The third kappa shape index (κ3) is 8.86. The highest BCUT2D eigenvalue weighted by atomic mass is 19.2. The molecule has 230 valence electrons. The second-order valence-corrected chi connectivity index (χ2v) is 10.2. The maximum absolute atomic E-state index is 14.7. The molecule has 1 saturated carbocycles. The molecule has 8 nitrogen and oxygen atoms in total. The van der Waals surface area contributed by atoms with Crippen LogP contribution in [0.5, 0.6) is 0 Å². The number of esters is 1. The zero-order valence-corrected chi connectivity index (χ0v) is 22.9. The van der Waals surface area contributed by atoms with Gasteiger partial charge in [-0.2, -0.15) is 0 Å². The van der Waals surface area contributed by atoms with Gasteiger partial charge in [0, 0.05) is 36.6 Å².